The fourth-order valence-corrected chi connectivity index (χ4v) is 2.58. The lowest BCUT2D eigenvalue weighted by Crippen LogP contribution is -2.21. The van der Waals surface area contributed by atoms with Crippen LogP contribution in [-0.2, 0) is 5.41 Å². The van der Waals surface area contributed by atoms with Crippen LogP contribution in [0.25, 0.3) is 0 Å². The third-order valence-electron chi connectivity index (χ3n) is 4.43. The first-order chi connectivity index (χ1) is 12.9. The molecule has 2 rings (SSSR count). The van der Waals surface area contributed by atoms with Crippen LogP contribution in [0.5, 0.6) is 11.5 Å². The molecule has 0 aliphatic carbocycles. The number of aliphatic hydroxyl groups excluding tert-OH is 3. The molecule has 0 saturated heterocycles. The van der Waals surface area contributed by atoms with Crippen LogP contribution < -0.4 is 9.47 Å². The molecule has 27 heavy (non-hydrogen) atoms. The third kappa shape index (κ3) is 5.92. The van der Waals surface area contributed by atoms with E-state index in [0.29, 0.717) is 11.5 Å². The van der Waals surface area contributed by atoms with Gasteiger partial charge in [-0.15, -0.1) is 0 Å². The molecule has 2 aromatic carbocycles. The van der Waals surface area contributed by atoms with Gasteiger partial charge < -0.3 is 24.8 Å². The first kappa shape index (κ1) is 21.2. The van der Waals surface area contributed by atoms with Crippen LogP contribution in [-0.4, -0.2) is 54.0 Å². The summed E-state index contributed by atoms with van der Waals surface area (Å²) in [5.74, 6) is 1.20. The highest BCUT2D eigenvalue weighted by Gasteiger charge is 2.23. The Bertz CT molecular complexity index is 625. The van der Waals surface area contributed by atoms with Gasteiger partial charge in [0.15, 0.2) is 0 Å². The van der Waals surface area contributed by atoms with Gasteiger partial charge in [-0.2, -0.15) is 0 Å². The number of ether oxygens (including phenoxy) is 2. The normalized spacial score (nSPS) is 13.9. The van der Waals surface area contributed by atoms with Crippen LogP contribution in [0.15, 0.2) is 48.5 Å². The summed E-state index contributed by atoms with van der Waals surface area (Å²) >= 11 is 0. The molecule has 0 fully saturated rings. The summed E-state index contributed by atoms with van der Waals surface area (Å²) in [5, 5.41) is 27.4. The highest BCUT2D eigenvalue weighted by molar-refractivity contribution is 5.41. The maximum Gasteiger partial charge on any atom is 0.119 e. The molecule has 5 nitrogen and oxygen atoms in total. The molecular weight excluding hydrogens is 351 g/mol. The average Bonchev–Trinajstić information content (AvgIpc) is 2.70. The second-order valence-corrected chi connectivity index (χ2v) is 6.94. The van der Waals surface area contributed by atoms with Crippen LogP contribution in [0.3, 0.4) is 0 Å². The van der Waals surface area contributed by atoms with Crippen molar-refractivity contribution in [2.45, 2.75) is 31.5 Å². The Hall–Kier alpha value is -2.15. The van der Waals surface area contributed by atoms with Crippen LogP contribution in [0, 0.1) is 0 Å². The number of rotatable bonds is 10. The average molecular weight is 378 g/mol. The molecule has 0 saturated carbocycles. The standard InChI is InChI=1S/C21H27FO5/c1-21(2,15-3-7-19(8-4-15)26-13-17(24)11-22)16-5-9-20(10-6-16)27-14-18(25)12-23/h3-10,17-18,23-25H,11-14H2,1-2H3/t17-,18+/m1/s1. The number of aliphatic hydroxyl groups is 3. The van der Waals surface area contributed by atoms with E-state index in [4.69, 9.17) is 14.6 Å². The lowest BCUT2D eigenvalue weighted by atomic mass is 9.78. The molecule has 3 N–H and O–H groups in total. The van der Waals surface area contributed by atoms with Crippen molar-refractivity contribution in [2.75, 3.05) is 26.5 Å². The van der Waals surface area contributed by atoms with E-state index in [9.17, 15) is 14.6 Å². The van der Waals surface area contributed by atoms with Gasteiger partial charge in [-0.1, -0.05) is 38.1 Å². The molecular formula is C21H27FO5. The smallest absolute Gasteiger partial charge is 0.119 e. The number of hydrogen-bond acceptors (Lipinski definition) is 5. The van der Waals surface area contributed by atoms with E-state index in [2.05, 4.69) is 13.8 Å². The molecule has 0 amide bonds. The van der Waals surface area contributed by atoms with Crippen LogP contribution in [0.4, 0.5) is 4.39 Å². The van der Waals surface area contributed by atoms with Crippen LogP contribution in [0.2, 0.25) is 0 Å². The van der Waals surface area contributed by atoms with Crippen molar-refractivity contribution in [1.82, 2.24) is 0 Å². The Labute approximate surface area is 159 Å². The van der Waals surface area contributed by atoms with Gasteiger partial charge in [0, 0.05) is 5.41 Å². The summed E-state index contributed by atoms with van der Waals surface area (Å²) in [6.45, 7) is 2.99. The molecule has 0 spiro atoms. The fraction of sp³-hybridized carbons (Fsp3) is 0.429. The maximum absolute atomic E-state index is 12.3. The van der Waals surface area contributed by atoms with Gasteiger partial charge in [0.1, 0.15) is 43.6 Å². The van der Waals surface area contributed by atoms with E-state index in [0.717, 1.165) is 11.1 Å². The molecule has 0 heterocycles. The van der Waals surface area contributed by atoms with Crippen LogP contribution >= 0.6 is 0 Å². The Kier molecular flexibility index (Phi) is 7.59. The molecule has 6 heteroatoms. The fourth-order valence-electron chi connectivity index (χ4n) is 2.58. The molecule has 0 aliphatic heterocycles. The van der Waals surface area contributed by atoms with Gasteiger partial charge in [0.25, 0.3) is 0 Å². The quantitative estimate of drug-likeness (QED) is 0.592. The zero-order valence-corrected chi connectivity index (χ0v) is 15.6. The molecule has 2 atom stereocenters. The molecule has 0 radical (unpaired) electrons. The maximum atomic E-state index is 12.3. The van der Waals surface area contributed by atoms with Gasteiger partial charge in [0.05, 0.1) is 6.61 Å². The van der Waals surface area contributed by atoms with Gasteiger partial charge in [0.2, 0.25) is 0 Å². The number of hydrogen-bond donors (Lipinski definition) is 3. The van der Waals surface area contributed by atoms with Crippen molar-refractivity contribution in [3.63, 3.8) is 0 Å². The number of alkyl halides is 1. The number of benzene rings is 2. The predicted molar refractivity (Wildman–Crippen MR) is 101 cm³/mol. The molecule has 2 aromatic rings. The highest BCUT2D eigenvalue weighted by atomic mass is 19.1. The monoisotopic (exact) mass is 378 g/mol. The van der Waals surface area contributed by atoms with Crippen LogP contribution in [0.1, 0.15) is 25.0 Å². The Morgan fingerprint density at radius 3 is 1.59 bits per heavy atom. The second kappa shape index (κ2) is 9.69. The molecule has 0 bridgehead atoms. The van der Waals surface area contributed by atoms with Crippen molar-refractivity contribution in [1.29, 1.82) is 0 Å². The lowest BCUT2D eigenvalue weighted by Gasteiger charge is -2.26. The molecule has 148 valence electrons. The minimum atomic E-state index is -1.11. The summed E-state index contributed by atoms with van der Waals surface area (Å²) in [5.41, 5.74) is 1.89. The largest absolute Gasteiger partial charge is 0.491 e. The minimum Gasteiger partial charge on any atom is -0.491 e. The zero-order valence-electron chi connectivity index (χ0n) is 15.6. The number of halogens is 1. The van der Waals surface area contributed by atoms with Crippen molar-refractivity contribution in [3.8, 4) is 11.5 Å². The van der Waals surface area contributed by atoms with E-state index < -0.39 is 18.9 Å². The first-order valence-electron chi connectivity index (χ1n) is 8.86. The van der Waals surface area contributed by atoms with Gasteiger partial charge >= 0.3 is 0 Å². The summed E-state index contributed by atoms with van der Waals surface area (Å²) in [6.07, 6.45) is -2.01. The molecule has 0 unspecified atom stereocenters. The van der Waals surface area contributed by atoms with Gasteiger partial charge in [-0.25, -0.2) is 4.39 Å². The topological polar surface area (TPSA) is 79.2 Å². The van der Waals surface area contributed by atoms with E-state index in [-0.39, 0.29) is 25.2 Å². The minimum absolute atomic E-state index is 0.0395. The lowest BCUT2D eigenvalue weighted by molar-refractivity contribution is 0.0536. The zero-order chi connectivity index (χ0) is 19.9. The van der Waals surface area contributed by atoms with E-state index >= 15 is 0 Å². The van der Waals surface area contributed by atoms with Crippen molar-refractivity contribution in [2.24, 2.45) is 0 Å². The third-order valence-corrected chi connectivity index (χ3v) is 4.43. The summed E-state index contributed by atoms with van der Waals surface area (Å²) in [7, 11) is 0. The van der Waals surface area contributed by atoms with Gasteiger partial charge in [-0.3, -0.25) is 0 Å². The van der Waals surface area contributed by atoms with Gasteiger partial charge in [-0.05, 0) is 35.4 Å². The van der Waals surface area contributed by atoms with E-state index in [1.54, 1.807) is 12.1 Å². The van der Waals surface area contributed by atoms with Crippen molar-refractivity contribution in [3.05, 3.63) is 59.7 Å². The Morgan fingerprint density at radius 2 is 1.22 bits per heavy atom. The Morgan fingerprint density at radius 1 is 0.815 bits per heavy atom. The molecule has 0 aliphatic rings. The van der Waals surface area contributed by atoms with E-state index in [1.165, 1.54) is 0 Å². The summed E-state index contributed by atoms with van der Waals surface area (Å²) < 4.78 is 23.1. The van der Waals surface area contributed by atoms with E-state index in [1.807, 2.05) is 36.4 Å². The van der Waals surface area contributed by atoms with Crippen molar-refractivity contribution >= 4 is 0 Å². The second-order valence-electron chi connectivity index (χ2n) is 6.94. The summed E-state index contributed by atoms with van der Waals surface area (Å²) in [4.78, 5) is 0. The van der Waals surface area contributed by atoms with Crippen molar-refractivity contribution < 1.29 is 29.2 Å². The predicted octanol–water partition coefficient (Wildman–Crippen LogP) is 2.45. The summed E-state index contributed by atoms with van der Waals surface area (Å²) in [6, 6.07) is 15.1. The highest BCUT2D eigenvalue weighted by Crippen LogP contribution is 2.33. The first-order valence-corrected chi connectivity index (χ1v) is 8.86. The SMILES string of the molecule is CC(C)(c1ccc(OC[C@H](O)CF)cc1)c1ccc(OC[C@@H](O)CO)cc1. The Balaban J connectivity index is 2.04. The molecule has 0 aromatic heterocycles.